The number of nitrogens with zero attached hydrogens (tertiary/aromatic N) is 2. The van der Waals surface area contributed by atoms with Crippen molar-refractivity contribution < 1.29 is 18.5 Å². The Kier molecular flexibility index (Phi) is 12.0. The number of carbonyl (C=O) groups excluding carboxylic acids is 2. The molecule has 0 radical (unpaired) electrons. The van der Waals surface area contributed by atoms with Crippen LogP contribution in [0.4, 0.5) is 4.39 Å². The van der Waals surface area contributed by atoms with E-state index in [0.29, 0.717) is 12.0 Å². The predicted molar refractivity (Wildman–Crippen MR) is 149 cm³/mol. The molecule has 0 aliphatic heterocycles. The zero-order valence-electron chi connectivity index (χ0n) is 20.4. The Morgan fingerprint density at radius 2 is 1.80 bits per heavy atom. The minimum Gasteiger partial charge on any atom is -0.352 e. The molecule has 3 rings (SSSR count). The predicted octanol–water partition coefficient (Wildman–Crippen LogP) is 4.94. The van der Waals surface area contributed by atoms with Crippen LogP contribution in [0.15, 0.2) is 59.1 Å². The Labute approximate surface area is 222 Å². The lowest BCUT2D eigenvalue weighted by Crippen LogP contribution is -2.48. The highest BCUT2D eigenvalue weighted by atomic mass is 127. The van der Waals surface area contributed by atoms with Crippen molar-refractivity contribution in [2.45, 2.75) is 39.3 Å². The third-order valence-corrected chi connectivity index (χ3v) is 6.49. The smallest absolute Gasteiger partial charge is 0.279 e. The summed E-state index contributed by atoms with van der Waals surface area (Å²) in [6.45, 7) is 6.06. The van der Waals surface area contributed by atoms with Gasteiger partial charge in [-0.05, 0) is 66.3 Å². The van der Waals surface area contributed by atoms with E-state index in [0.717, 1.165) is 15.2 Å². The van der Waals surface area contributed by atoms with E-state index >= 15 is 4.39 Å². The molecule has 0 saturated carbocycles. The fourth-order valence-electron chi connectivity index (χ4n) is 3.31. The number of amides is 1. The molecule has 6 nitrogen and oxygen atoms in total. The summed E-state index contributed by atoms with van der Waals surface area (Å²) in [7, 11) is 4.33. The van der Waals surface area contributed by atoms with E-state index in [4.69, 9.17) is 4.52 Å². The molecule has 1 aromatic heterocycles. The molecule has 1 N–H and O–H groups in total. The minimum atomic E-state index is -0.819. The normalized spacial score (nSPS) is 12.5. The summed E-state index contributed by atoms with van der Waals surface area (Å²) in [4.78, 5) is 26.2. The summed E-state index contributed by atoms with van der Waals surface area (Å²) in [5.74, 6) is -1.37. The second kappa shape index (κ2) is 14.4. The van der Waals surface area contributed by atoms with Crippen molar-refractivity contribution in [3.05, 3.63) is 69.7 Å². The molecule has 0 saturated heterocycles. The van der Waals surface area contributed by atoms with Gasteiger partial charge in [0.2, 0.25) is 17.3 Å². The van der Waals surface area contributed by atoms with Crippen molar-refractivity contribution >= 4 is 49.3 Å². The molecule has 0 spiro atoms. The first-order valence-electron chi connectivity index (χ1n) is 11.3. The molecule has 3 aromatic rings. The van der Waals surface area contributed by atoms with Gasteiger partial charge in [-0.15, -0.1) is 9.24 Å². The molecule has 188 valence electrons. The van der Waals surface area contributed by atoms with E-state index in [2.05, 4.69) is 42.3 Å². The monoisotopic (exact) mass is 611 g/mol. The molecular formula is C26H32FIN3O3P. The van der Waals surface area contributed by atoms with Crippen molar-refractivity contribution in [2.24, 2.45) is 5.92 Å². The zero-order chi connectivity index (χ0) is 26.0. The van der Waals surface area contributed by atoms with Crippen molar-refractivity contribution in [1.82, 2.24) is 15.4 Å². The number of halogens is 2. The number of hydrogen-bond donors (Lipinski definition) is 1. The SMILES string of the molecule is CNC(C)CN(C(=O)c1noc(-c2ccc(P)cc2I)c1F)C(C=O)CC(C)C.c1ccccc1. The van der Waals surface area contributed by atoms with Gasteiger partial charge in [-0.3, -0.25) is 4.79 Å². The molecule has 1 amide bonds. The van der Waals surface area contributed by atoms with E-state index in [9.17, 15) is 9.59 Å². The number of hydrogen-bond acceptors (Lipinski definition) is 5. The Balaban J connectivity index is 0.000000625. The average Bonchev–Trinajstić information content (AvgIpc) is 3.22. The summed E-state index contributed by atoms with van der Waals surface area (Å²) < 4.78 is 21.1. The maximum Gasteiger partial charge on any atom is 0.279 e. The van der Waals surface area contributed by atoms with Crippen molar-refractivity contribution in [1.29, 1.82) is 0 Å². The van der Waals surface area contributed by atoms with Crippen LogP contribution in [0.25, 0.3) is 11.3 Å². The summed E-state index contributed by atoms with van der Waals surface area (Å²) in [5, 5.41) is 7.71. The maximum atomic E-state index is 15.1. The van der Waals surface area contributed by atoms with Crippen LogP contribution in [0.3, 0.4) is 0 Å². The number of likely N-dealkylation sites (N-methyl/N-ethyl adjacent to an activating group) is 1. The first-order chi connectivity index (χ1) is 16.7. The van der Waals surface area contributed by atoms with Crippen LogP contribution in [-0.2, 0) is 4.79 Å². The highest BCUT2D eigenvalue weighted by Crippen LogP contribution is 2.30. The van der Waals surface area contributed by atoms with Crippen LogP contribution in [0.2, 0.25) is 0 Å². The minimum absolute atomic E-state index is 0.0847. The molecular weight excluding hydrogens is 579 g/mol. The first kappa shape index (κ1) is 29.1. The van der Waals surface area contributed by atoms with Crippen molar-refractivity contribution in [2.75, 3.05) is 13.6 Å². The molecule has 2 aromatic carbocycles. The number of nitrogens with one attached hydrogen (secondary N) is 1. The topological polar surface area (TPSA) is 75.4 Å². The summed E-state index contributed by atoms with van der Waals surface area (Å²) >= 11 is 2.08. The number of benzene rings is 2. The van der Waals surface area contributed by atoms with Crippen LogP contribution in [-0.4, -0.2) is 47.9 Å². The van der Waals surface area contributed by atoms with Gasteiger partial charge < -0.3 is 19.5 Å². The lowest BCUT2D eigenvalue weighted by molar-refractivity contribution is -0.112. The largest absolute Gasteiger partial charge is 0.352 e. The Bertz CT molecular complexity index is 1070. The molecule has 0 bridgehead atoms. The lowest BCUT2D eigenvalue weighted by Gasteiger charge is -2.31. The number of aldehydes is 1. The fourth-order valence-corrected chi connectivity index (χ4v) is 4.70. The van der Waals surface area contributed by atoms with Gasteiger partial charge in [0.25, 0.3) is 5.91 Å². The van der Waals surface area contributed by atoms with Crippen LogP contribution in [0.1, 0.15) is 37.7 Å². The molecule has 3 unspecified atom stereocenters. The highest BCUT2D eigenvalue weighted by molar-refractivity contribution is 14.1. The molecule has 0 aliphatic rings. The Hall–Kier alpha value is -2.16. The number of carbonyl (C=O) groups is 2. The van der Waals surface area contributed by atoms with Gasteiger partial charge >= 0.3 is 0 Å². The van der Waals surface area contributed by atoms with E-state index < -0.39 is 23.5 Å². The van der Waals surface area contributed by atoms with Crippen LogP contribution in [0.5, 0.6) is 0 Å². The highest BCUT2D eigenvalue weighted by Gasteiger charge is 2.32. The molecule has 3 atom stereocenters. The average molecular weight is 611 g/mol. The van der Waals surface area contributed by atoms with E-state index in [1.54, 1.807) is 19.2 Å². The summed E-state index contributed by atoms with van der Waals surface area (Å²) in [5.41, 5.74) is 0.106. The lowest BCUT2D eigenvalue weighted by atomic mass is 10.0. The molecule has 0 aliphatic carbocycles. The number of rotatable bonds is 9. The van der Waals surface area contributed by atoms with E-state index in [-0.39, 0.29) is 24.3 Å². The Morgan fingerprint density at radius 1 is 1.20 bits per heavy atom. The second-order valence-electron chi connectivity index (χ2n) is 8.55. The van der Waals surface area contributed by atoms with E-state index in [1.165, 1.54) is 4.90 Å². The molecule has 9 heteroatoms. The second-order valence-corrected chi connectivity index (χ2v) is 10.4. The van der Waals surface area contributed by atoms with Gasteiger partial charge in [0.15, 0.2) is 0 Å². The maximum absolute atomic E-state index is 15.1. The van der Waals surface area contributed by atoms with Crippen LogP contribution >= 0.6 is 31.8 Å². The summed E-state index contributed by atoms with van der Waals surface area (Å²) in [6, 6.07) is 16.6. The van der Waals surface area contributed by atoms with Crippen molar-refractivity contribution in [3.63, 3.8) is 0 Å². The van der Waals surface area contributed by atoms with Crippen molar-refractivity contribution in [3.8, 4) is 11.3 Å². The van der Waals surface area contributed by atoms with Gasteiger partial charge in [-0.1, -0.05) is 61.5 Å². The summed E-state index contributed by atoms with van der Waals surface area (Å²) in [6.07, 6.45) is 1.21. The van der Waals surface area contributed by atoms with Crippen LogP contribution < -0.4 is 10.6 Å². The quantitative estimate of drug-likeness (QED) is 0.211. The van der Waals surface area contributed by atoms with Crippen LogP contribution in [0, 0.1) is 15.3 Å². The zero-order valence-corrected chi connectivity index (χ0v) is 23.7. The molecule has 35 heavy (non-hydrogen) atoms. The van der Waals surface area contributed by atoms with Gasteiger partial charge in [-0.2, -0.15) is 4.39 Å². The van der Waals surface area contributed by atoms with Gasteiger partial charge in [0.1, 0.15) is 6.29 Å². The Morgan fingerprint density at radius 3 is 2.29 bits per heavy atom. The number of aromatic nitrogens is 1. The standard InChI is InChI=1S/C20H26FIN3O3P.C6H6/c1-11(2)7-13(10-26)25(9-12(3)23-4)20(27)18-17(21)19(28-24-18)15-6-5-14(29)8-16(15)22;1-2-4-6-5-3-1/h5-6,8,10-13,23H,7,9,29H2,1-4H3;1-6H. The van der Waals surface area contributed by atoms with E-state index in [1.807, 2.05) is 63.2 Å². The third kappa shape index (κ3) is 8.47. The fraction of sp³-hybridized carbons (Fsp3) is 0.346. The molecule has 0 fully saturated rings. The van der Waals surface area contributed by atoms with Gasteiger partial charge in [0, 0.05) is 21.7 Å². The third-order valence-electron chi connectivity index (χ3n) is 5.24. The van der Waals surface area contributed by atoms with Gasteiger partial charge in [-0.25, -0.2) is 0 Å². The first-order valence-corrected chi connectivity index (χ1v) is 13.0. The molecule has 1 heterocycles. The van der Waals surface area contributed by atoms with Gasteiger partial charge in [0.05, 0.1) is 6.04 Å².